The van der Waals surface area contributed by atoms with Crippen LogP contribution in [0.1, 0.15) is 12.8 Å². The zero-order chi connectivity index (χ0) is 18.8. The molecule has 0 bridgehead atoms. The third-order valence-electron chi connectivity index (χ3n) is 4.78. The summed E-state index contributed by atoms with van der Waals surface area (Å²) in [6, 6.07) is 7.69. The number of nitrogens with two attached hydrogens (primary N) is 1. The number of halogens is 1. The number of hydrogen-bond acceptors (Lipinski definition) is 5. The third-order valence-corrected chi connectivity index (χ3v) is 4.78. The fourth-order valence-electron chi connectivity index (χ4n) is 3.51. The lowest BCUT2D eigenvalue weighted by Gasteiger charge is -2.33. The fraction of sp³-hybridized carbons (Fsp3) is 0.316. The zero-order valence-corrected chi connectivity index (χ0v) is 14.7. The van der Waals surface area contributed by atoms with Crippen molar-refractivity contribution in [3.63, 3.8) is 0 Å². The van der Waals surface area contributed by atoms with Crippen molar-refractivity contribution in [2.45, 2.75) is 25.5 Å². The first-order chi connectivity index (χ1) is 13.1. The van der Waals surface area contributed by atoms with Crippen molar-refractivity contribution < 1.29 is 13.9 Å². The molecule has 2 aromatic heterocycles. The number of primary amides is 1. The molecule has 0 aliphatic carbocycles. The van der Waals surface area contributed by atoms with Crippen molar-refractivity contribution in [3.8, 4) is 5.75 Å². The molecule has 1 saturated heterocycles. The van der Waals surface area contributed by atoms with Crippen LogP contribution in [0.2, 0.25) is 0 Å². The second-order valence-electron chi connectivity index (χ2n) is 6.60. The summed E-state index contributed by atoms with van der Waals surface area (Å²) in [6.07, 6.45) is 5.95. The van der Waals surface area contributed by atoms with Crippen LogP contribution in [0.15, 0.2) is 43.0 Å². The largest absolute Gasteiger partial charge is 0.490 e. The number of fused-ring (bicyclic) bond motifs is 1. The Morgan fingerprint density at radius 2 is 2.11 bits per heavy atom. The van der Waals surface area contributed by atoms with Crippen LogP contribution >= 0.6 is 0 Å². The number of nitrogens with zero attached hydrogens (tertiary/aromatic N) is 4. The van der Waals surface area contributed by atoms with Gasteiger partial charge in [-0.2, -0.15) is 0 Å². The average Bonchev–Trinajstić information content (AvgIpc) is 3.06. The van der Waals surface area contributed by atoms with Crippen LogP contribution in [-0.4, -0.2) is 39.6 Å². The number of amides is 1. The van der Waals surface area contributed by atoms with Crippen molar-refractivity contribution in [2.24, 2.45) is 5.73 Å². The number of carbonyl (C=O) groups is 1. The van der Waals surface area contributed by atoms with E-state index >= 15 is 0 Å². The normalized spacial score (nSPS) is 15.2. The van der Waals surface area contributed by atoms with Crippen molar-refractivity contribution >= 4 is 22.6 Å². The molecule has 3 heterocycles. The number of benzene rings is 1. The van der Waals surface area contributed by atoms with Gasteiger partial charge in [0, 0.05) is 37.5 Å². The molecule has 0 unspecified atom stereocenters. The molecule has 140 valence electrons. The number of rotatable bonds is 5. The topological polar surface area (TPSA) is 86.3 Å². The lowest BCUT2D eigenvalue weighted by molar-refractivity contribution is -0.118. The summed E-state index contributed by atoms with van der Waals surface area (Å²) in [5, 5.41) is 0.947. The Hall–Kier alpha value is -3.16. The van der Waals surface area contributed by atoms with E-state index in [1.807, 2.05) is 39.9 Å². The van der Waals surface area contributed by atoms with Gasteiger partial charge in [0.05, 0.1) is 11.7 Å². The van der Waals surface area contributed by atoms with E-state index < -0.39 is 5.82 Å². The maximum Gasteiger partial charge on any atom is 0.237 e. The molecule has 0 radical (unpaired) electrons. The van der Waals surface area contributed by atoms with Gasteiger partial charge < -0.3 is 19.9 Å². The van der Waals surface area contributed by atoms with E-state index in [1.165, 1.54) is 12.5 Å². The molecule has 0 spiro atoms. The first kappa shape index (κ1) is 17.3. The second kappa shape index (κ2) is 7.22. The van der Waals surface area contributed by atoms with Gasteiger partial charge in [0.25, 0.3) is 0 Å². The van der Waals surface area contributed by atoms with Gasteiger partial charge in [-0.25, -0.2) is 14.4 Å². The summed E-state index contributed by atoms with van der Waals surface area (Å²) in [6.45, 7) is 1.46. The molecule has 0 saturated carbocycles. The Morgan fingerprint density at radius 1 is 1.30 bits per heavy atom. The highest BCUT2D eigenvalue weighted by molar-refractivity contribution is 5.87. The van der Waals surface area contributed by atoms with Crippen LogP contribution in [-0.2, 0) is 11.3 Å². The van der Waals surface area contributed by atoms with Gasteiger partial charge in [0.15, 0.2) is 11.6 Å². The lowest BCUT2D eigenvalue weighted by Crippen LogP contribution is -2.39. The molecule has 3 aromatic rings. The van der Waals surface area contributed by atoms with Crippen molar-refractivity contribution in [3.05, 3.63) is 48.8 Å². The van der Waals surface area contributed by atoms with Crippen molar-refractivity contribution in [1.82, 2.24) is 14.5 Å². The lowest BCUT2D eigenvalue weighted by atomic mass is 10.1. The molecule has 1 amide bonds. The van der Waals surface area contributed by atoms with Gasteiger partial charge in [-0.05, 0) is 18.2 Å². The van der Waals surface area contributed by atoms with Crippen LogP contribution in [0.25, 0.3) is 10.9 Å². The number of hydrogen-bond donors (Lipinski definition) is 1. The van der Waals surface area contributed by atoms with Gasteiger partial charge in [-0.3, -0.25) is 4.79 Å². The van der Waals surface area contributed by atoms with Crippen molar-refractivity contribution in [2.75, 3.05) is 18.0 Å². The van der Waals surface area contributed by atoms with Gasteiger partial charge in [0.1, 0.15) is 24.7 Å². The van der Waals surface area contributed by atoms with E-state index in [9.17, 15) is 9.18 Å². The summed E-state index contributed by atoms with van der Waals surface area (Å²) in [5.74, 6) is 0.331. The Bertz CT molecular complexity index is 966. The minimum Gasteiger partial charge on any atom is -0.490 e. The summed E-state index contributed by atoms with van der Waals surface area (Å²) in [5.41, 5.74) is 6.21. The van der Waals surface area contributed by atoms with Gasteiger partial charge in [0.2, 0.25) is 5.91 Å². The molecule has 1 fully saturated rings. The number of aromatic nitrogens is 3. The van der Waals surface area contributed by atoms with Crippen molar-refractivity contribution in [1.29, 1.82) is 0 Å². The van der Waals surface area contributed by atoms with Gasteiger partial charge in [-0.15, -0.1) is 0 Å². The molecule has 2 N–H and O–H groups in total. The van der Waals surface area contributed by atoms with Gasteiger partial charge >= 0.3 is 0 Å². The standard InChI is InChI=1S/C19H20FN5O2/c20-15-10-22-12-23-19(15)24-7-4-13(5-8-24)27-17-3-1-2-16-14(17)6-9-25(16)11-18(21)26/h1-3,6,9-10,12-13H,4-5,7-8,11H2,(H2,21,26). The molecule has 1 aliphatic heterocycles. The Balaban J connectivity index is 1.46. The van der Waals surface area contributed by atoms with Crippen LogP contribution in [0.4, 0.5) is 10.2 Å². The highest BCUT2D eigenvalue weighted by Gasteiger charge is 2.24. The third kappa shape index (κ3) is 3.55. The summed E-state index contributed by atoms with van der Waals surface area (Å²) < 4.78 is 21.9. The quantitative estimate of drug-likeness (QED) is 0.744. The van der Waals surface area contributed by atoms with E-state index in [1.54, 1.807) is 0 Å². The maximum absolute atomic E-state index is 13.9. The number of carbonyl (C=O) groups excluding carboxylic acids is 1. The highest BCUT2D eigenvalue weighted by atomic mass is 19.1. The first-order valence-corrected chi connectivity index (χ1v) is 8.85. The van der Waals surface area contributed by atoms with E-state index in [0.717, 1.165) is 29.5 Å². The Morgan fingerprint density at radius 3 is 2.85 bits per heavy atom. The minimum absolute atomic E-state index is 0.0382. The highest BCUT2D eigenvalue weighted by Crippen LogP contribution is 2.30. The number of piperidine rings is 1. The molecule has 7 nitrogen and oxygen atoms in total. The SMILES string of the molecule is NC(=O)Cn1ccc2c(OC3CCN(c4ncncc4F)CC3)cccc21. The maximum atomic E-state index is 13.9. The number of anilines is 1. The van der Waals surface area contributed by atoms with E-state index in [4.69, 9.17) is 10.5 Å². The molecule has 1 aromatic carbocycles. The zero-order valence-electron chi connectivity index (χ0n) is 14.7. The Kier molecular flexibility index (Phi) is 4.62. The smallest absolute Gasteiger partial charge is 0.237 e. The molecular formula is C19H20FN5O2. The van der Waals surface area contributed by atoms with Crippen LogP contribution in [0.5, 0.6) is 5.75 Å². The second-order valence-corrected chi connectivity index (χ2v) is 6.60. The summed E-state index contributed by atoms with van der Waals surface area (Å²) in [7, 11) is 0. The molecular weight excluding hydrogens is 349 g/mol. The Labute approximate surface area is 155 Å². The molecule has 8 heteroatoms. The average molecular weight is 369 g/mol. The molecule has 0 atom stereocenters. The van der Waals surface area contributed by atoms with E-state index in [2.05, 4.69) is 9.97 Å². The molecule has 27 heavy (non-hydrogen) atoms. The van der Waals surface area contributed by atoms with E-state index in [0.29, 0.717) is 18.9 Å². The van der Waals surface area contributed by atoms with Gasteiger partial charge in [-0.1, -0.05) is 6.07 Å². The summed E-state index contributed by atoms with van der Waals surface area (Å²) >= 11 is 0. The molecule has 1 aliphatic rings. The predicted octanol–water partition coefficient (Wildman–Crippen LogP) is 2.10. The monoisotopic (exact) mass is 369 g/mol. The number of ether oxygens (including phenoxy) is 1. The van der Waals surface area contributed by atoms with E-state index in [-0.39, 0.29) is 18.6 Å². The predicted molar refractivity (Wildman–Crippen MR) is 99.0 cm³/mol. The molecule has 4 rings (SSSR count). The first-order valence-electron chi connectivity index (χ1n) is 8.85. The van der Waals surface area contributed by atoms with Crippen LogP contribution in [0.3, 0.4) is 0 Å². The van der Waals surface area contributed by atoms with Crippen LogP contribution < -0.4 is 15.4 Å². The summed E-state index contributed by atoms with van der Waals surface area (Å²) in [4.78, 5) is 20.9. The van der Waals surface area contributed by atoms with Crippen LogP contribution in [0, 0.1) is 5.82 Å². The minimum atomic E-state index is -0.405. The fourth-order valence-corrected chi connectivity index (χ4v) is 3.51.